The van der Waals surface area contributed by atoms with Gasteiger partial charge in [0, 0.05) is 34.2 Å². The number of fused-ring (bicyclic) bond motifs is 1. The highest BCUT2D eigenvalue weighted by atomic mass is 35.5. The molecule has 0 aliphatic carbocycles. The van der Waals surface area contributed by atoms with Gasteiger partial charge in [-0.05, 0) is 29.8 Å². The first-order valence-corrected chi connectivity index (χ1v) is 10.1. The Morgan fingerprint density at radius 1 is 1.23 bits per heavy atom. The molecule has 0 unspecified atom stereocenters. The molecule has 150 valence electrons. The number of amides is 1. The van der Waals surface area contributed by atoms with Crippen molar-refractivity contribution in [2.45, 2.75) is 0 Å². The SMILES string of the molecule is O=C(/C=C/c1cccc([N+](=O)[O-])c1)Nc1nc2scc(-c3cc(Cl)ccc3Cl)n2n1. The van der Waals surface area contributed by atoms with Gasteiger partial charge >= 0.3 is 0 Å². The van der Waals surface area contributed by atoms with Crippen molar-refractivity contribution in [3.05, 3.63) is 79.6 Å². The number of nitro benzene ring substituents is 1. The summed E-state index contributed by atoms with van der Waals surface area (Å²) in [6.45, 7) is 0. The van der Waals surface area contributed by atoms with E-state index in [1.807, 2.05) is 5.38 Å². The highest BCUT2D eigenvalue weighted by Crippen LogP contribution is 2.33. The number of hydrogen-bond donors (Lipinski definition) is 1. The van der Waals surface area contributed by atoms with Crippen LogP contribution in [-0.4, -0.2) is 25.4 Å². The van der Waals surface area contributed by atoms with Gasteiger partial charge in [0.25, 0.3) is 17.5 Å². The quantitative estimate of drug-likeness (QED) is 0.247. The highest BCUT2D eigenvalue weighted by molar-refractivity contribution is 7.15. The molecule has 0 atom stereocenters. The summed E-state index contributed by atoms with van der Waals surface area (Å²) in [6, 6.07) is 11.1. The molecular formula is C19H11Cl2N5O3S. The van der Waals surface area contributed by atoms with E-state index in [4.69, 9.17) is 23.2 Å². The molecule has 0 radical (unpaired) electrons. The summed E-state index contributed by atoms with van der Waals surface area (Å²) >= 11 is 13.7. The number of aromatic nitrogens is 3. The van der Waals surface area contributed by atoms with Crippen molar-refractivity contribution < 1.29 is 9.72 Å². The van der Waals surface area contributed by atoms with E-state index in [0.29, 0.717) is 31.8 Å². The van der Waals surface area contributed by atoms with E-state index in [1.54, 1.807) is 34.8 Å². The number of carbonyl (C=O) groups is 1. The van der Waals surface area contributed by atoms with Crippen LogP contribution in [0.25, 0.3) is 22.3 Å². The van der Waals surface area contributed by atoms with Crippen molar-refractivity contribution >= 4 is 63.1 Å². The molecule has 0 saturated heterocycles. The van der Waals surface area contributed by atoms with Crippen molar-refractivity contribution in [3.8, 4) is 11.3 Å². The smallest absolute Gasteiger partial charge is 0.270 e. The van der Waals surface area contributed by atoms with Gasteiger partial charge in [-0.25, -0.2) is 4.52 Å². The molecular weight excluding hydrogens is 449 g/mol. The second-order valence-electron chi connectivity index (χ2n) is 6.05. The van der Waals surface area contributed by atoms with Crippen LogP contribution in [0.15, 0.2) is 53.9 Å². The van der Waals surface area contributed by atoms with Crippen LogP contribution in [0, 0.1) is 10.1 Å². The van der Waals surface area contributed by atoms with E-state index in [-0.39, 0.29) is 11.6 Å². The predicted molar refractivity (Wildman–Crippen MR) is 117 cm³/mol. The van der Waals surface area contributed by atoms with E-state index in [2.05, 4.69) is 15.4 Å². The van der Waals surface area contributed by atoms with Crippen LogP contribution < -0.4 is 5.32 Å². The summed E-state index contributed by atoms with van der Waals surface area (Å²) in [5.74, 6) is -0.350. The maximum Gasteiger partial charge on any atom is 0.270 e. The van der Waals surface area contributed by atoms with Gasteiger partial charge < -0.3 is 0 Å². The zero-order valence-corrected chi connectivity index (χ0v) is 17.3. The van der Waals surface area contributed by atoms with Gasteiger partial charge in [-0.3, -0.25) is 20.2 Å². The molecule has 11 heteroatoms. The normalized spacial score (nSPS) is 11.3. The van der Waals surface area contributed by atoms with Crippen LogP contribution >= 0.6 is 34.5 Å². The number of nitrogens with one attached hydrogen (secondary N) is 1. The molecule has 2 aromatic carbocycles. The summed E-state index contributed by atoms with van der Waals surface area (Å²) in [6.07, 6.45) is 2.72. The minimum absolute atomic E-state index is 0.0548. The number of carbonyl (C=O) groups excluding carboxylic acids is 1. The van der Waals surface area contributed by atoms with Gasteiger partial charge in [0.15, 0.2) is 0 Å². The standard InChI is InChI=1S/C19H11Cl2N5O3S/c20-12-5-6-15(21)14(9-12)16-10-30-19-23-18(24-25(16)19)22-17(27)7-4-11-2-1-3-13(8-11)26(28)29/h1-10H,(H,22,24,27)/b7-4+. The number of rotatable bonds is 5. The number of anilines is 1. The minimum Gasteiger partial charge on any atom is -0.290 e. The first kappa shape index (κ1) is 20.0. The zero-order chi connectivity index (χ0) is 21.3. The number of nitrogens with zero attached hydrogens (tertiary/aromatic N) is 4. The first-order valence-electron chi connectivity index (χ1n) is 8.44. The van der Waals surface area contributed by atoms with E-state index in [0.717, 1.165) is 0 Å². The van der Waals surface area contributed by atoms with Crippen molar-refractivity contribution in [1.82, 2.24) is 14.6 Å². The molecule has 2 heterocycles. The van der Waals surface area contributed by atoms with Crippen LogP contribution in [0.2, 0.25) is 10.0 Å². The number of nitro groups is 1. The largest absolute Gasteiger partial charge is 0.290 e. The molecule has 0 fully saturated rings. The number of halogens is 2. The Kier molecular flexibility index (Phi) is 5.49. The second-order valence-corrected chi connectivity index (χ2v) is 7.73. The van der Waals surface area contributed by atoms with Gasteiger partial charge in [0.05, 0.1) is 15.6 Å². The molecule has 1 amide bonds. The average Bonchev–Trinajstić information content (AvgIpc) is 3.28. The van der Waals surface area contributed by atoms with Crippen molar-refractivity contribution in [3.63, 3.8) is 0 Å². The van der Waals surface area contributed by atoms with E-state index in [1.165, 1.54) is 35.6 Å². The first-order chi connectivity index (χ1) is 14.4. The summed E-state index contributed by atoms with van der Waals surface area (Å²) < 4.78 is 1.57. The zero-order valence-electron chi connectivity index (χ0n) is 15.0. The molecule has 2 aromatic heterocycles. The third kappa shape index (κ3) is 4.18. The lowest BCUT2D eigenvalue weighted by Gasteiger charge is -2.02. The second kappa shape index (κ2) is 8.23. The number of thiazole rings is 1. The van der Waals surface area contributed by atoms with Gasteiger partial charge in [-0.1, -0.05) is 35.3 Å². The molecule has 4 aromatic rings. The number of benzene rings is 2. The van der Waals surface area contributed by atoms with Gasteiger partial charge in [-0.15, -0.1) is 16.4 Å². The fourth-order valence-corrected chi connectivity index (χ4v) is 3.89. The Hall–Kier alpha value is -3.27. The van der Waals surface area contributed by atoms with E-state index >= 15 is 0 Å². The van der Waals surface area contributed by atoms with Gasteiger partial charge in [0.1, 0.15) is 0 Å². The van der Waals surface area contributed by atoms with Gasteiger partial charge in [-0.2, -0.15) is 4.98 Å². The van der Waals surface area contributed by atoms with Crippen molar-refractivity contribution in [1.29, 1.82) is 0 Å². The average molecular weight is 460 g/mol. The maximum absolute atomic E-state index is 12.2. The lowest BCUT2D eigenvalue weighted by molar-refractivity contribution is -0.384. The summed E-state index contributed by atoms with van der Waals surface area (Å²) in [7, 11) is 0. The third-order valence-corrected chi connectivity index (χ3v) is 5.41. The Labute approximate surface area is 183 Å². The van der Waals surface area contributed by atoms with Crippen LogP contribution in [0.5, 0.6) is 0 Å². The van der Waals surface area contributed by atoms with Gasteiger partial charge in [0.2, 0.25) is 4.96 Å². The topological polar surface area (TPSA) is 102 Å². The minimum atomic E-state index is -0.497. The van der Waals surface area contributed by atoms with Crippen LogP contribution in [0.4, 0.5) is 11.6 Å². The Balaban J connectivity index is 1.54. The molecule has 0 aliphatic rings. The molecule has 1 N–H and O–H groups in total. The molecule has 8 nitrogen and oxygen atoms in total. The summed E-state index contributed by atoms with van der Waals surface area (Å²) in [5, 5.41) is 20.6. The van der Waals surface area contributed by atoms with Crippen LogP contribution in [0.3, 0.4) is 0 Å². The lowest BCUT2D eigenvalue weighted by atomic mass is 10.2. The van der Waals surface area contributed by atoms with E-state index in [9.17, 15) is 14.9 Å². The lowest BCUT2D eigenvalue weighted by Crippen LogP contribution is -2.09. The number of non-ortho nitro benzene ring substituents is 1. The van der Waals surface area contributed by atoms with Crippen LogP contribution in [0.1, 0.15) is 5.56 Å². The fraction of sp³-hybridized carbons (Fsp3) is 0. The fourth-order valence-electron chi connectivity index (χ4n) is 2.68. The summed E-state index contributed by atoms with van der Waals surface area (Å²) in [5.41, 5.74) is 1.86. The molecule has 4 rings (SSSR count). The van der Waals surface area contributed by atoms with E-state index < -0.39 is 10.8 Å². The van der Waals surface area contributed by atoms with Crippen molar-refractivity contribution in [2.24, 2.45) is 0 Å². The third-order valence-electron chi connectivity index (χ3n) is 4.03. The summed E-state index contributed by atoms with van der Waals surface area (Å²) in [4.78, 5) is 27.4. The number of hydrogen-bond acceptors (Lipinski definition) is 6. The highest BCUT2D eigenvalue weighted by Gasteiger charge is 2.15. The molecule has 0 spiro atoms. The molecule has 0 saturated carbocycles. The Bertz CT molecular complexity index is 1310. The monoisotopic (exact) mass is 459 g/mol. The molecule has 0 aliphatic heterocycles. The molecule has 0 bridgehead atoms. The maximum atomic E-state index is 12.2. The Morgan fingerprint density at radius 2 is 2.07 bits per heavy atom. The van der Waals surface area contributed by atoms with Crippen LogP contribution in [-0.2, 0) is 4.79 Å². The predicted octanol–water partition coefficient (Wildman–Crippen LogP) is 5.32. The molecule has 30 heavy (non-hydrogen) atoms. The Morgan fingerprint density at radius 3 is 2.87 bits per heavy atom. The van der Waals surface area contributed by atoms with Crippen molar-refractivity contribution in [2.75, 3.05) is 5.32 Å².